The summed E-state index contributed by atoms with van der Waals surface area (Å²) in [5.41, 5.74) is 2.88. The highest BCUT2D eigenvalue weighted by atomic mass is 32.2. The first-order valence-corrected chi connectivity index (χ1v) is 11.8. The smallest absolute Gasteiger partial charge is 0.237 e. The van der Waals surface area contributed by atoms with E-state index in [-0.39, 0.29) is 18.3 Å². The molecule has 0 bridgehead atoms. The predicted octanol–water partition coefficient (Wildman–Crippen LogP) is 5.30. The van der Waals surface area contributed by atoms with Gasteiger partial charge in [-0.3, -0.25) is 9.36 Å². The Bertz CT molecular complexity index is 1200. The minimum absolute atomic E-state index is 0.0222. The first-order valence-electron chi connectivity index (χ1n) is 10.8. The summed E-state index contributed by atoms with van der Waals surface area (Å²) < 4.78 is 7.98. The second-order valence-corrected chi connectivity index (χ2v) is 8.33. The molecule has 0 N–H and O–H groups in total. The Morgan fingerprint density at radius 3 is 2.30 bits per heavy atom. The van der Waals surface area contributed by atoms with E-state index in [0.717, 1.165) is 22.7 Å². The Kier molecular flexibility index (Phi) is 7.42. The van der Waals surface area contributed by atoms with Crippen LogP contribution in [0.5, 0.6) is 5.75 Å². The van der Waals surface area contributed by atoms with E-state index in [0.29, 0.717) is 17.5 Å². The number of aryl methyl sites for hydroxylation is 1. The van der Waals surface area contributed by atoms with Crippen molar-refractivity contribution in [3.63, 3.8) is 0 Å². The summed E-state index contributed by atoms with van der Waals surface area (Å²) in [6, 6.07) is 27.5. The number of rotatable bonds is 9. The van der Waals surface area contributed by atoms with Gasteiger partial charge in [-0.15, -0.1) is 10.2 Å². The minimum atomic E-state index is 0.0222. The van der Waals surface area contributed by atoms with Crippen LogP contribution in [0.3, 0.4) is 0 Å². The number of para-hydroxylation sites is 3. The highest BCUT2D eigenvalue weighted by Gasteiger charge is 2.19. The van der Waals surface area contributed by atoms with Crippen LogP contribution in [0.2, 0.25) is 0 Å². The summed E-state index contributed by atoms with van der Waals surface area (Å²) in [6.45, 7) is 4.86. The molecule has 0 saturated heterocycles. The first-order chi connectivity index (χ1) is 16.2. The van der Waals surface area contributed by atoms with Gasteiger partial charge < -0.3 is 9.64 Å². The SMILES string of the molecule is CCN(C(=O)CSc1nnc(COc2ccccc2C)n1-c1ccccc1)c1ccccc1. The monoisotopic (exact) mass is 458 g/mol. The van der Waals surface area contributed by atoms with Crippen molar-refractivity contribution in [2.24, 2.45) is 0 Å². The van der Waals surface area contributed by atoms with Crippen LogP contribution < -0.4 is 9.64 Å². The van der Waals surface area contributed by atoms with Gasteiger partial charge in [0.2, 0.25) is 5.91 Å². The zero-order valence-corrected chi connectivity index (χ0v) is 19.5. The number of nitrogens with zero attached hydrogens (tertiary/aromatic N) is 4. The van der Waals surface area contributed by atoms with E-state index in [2.05, 4.69) is 10.2 Å². The molecule has 0 atom stereocenters. The molecule has 6 nitrogen and oxygen atoms in total. The van der Waals surface area contributed by atoms with Gasteiger partial charge in [0.15, 0.2) is 11.0 Å². The summed E-state index contributed by atoms with van der Waals surface area (Å²) in [5.74, 6) is 1.77. The van der Waals surface area contributed by atoms with Gasteiger partial charge in [-0.2, -0.15) is 0 Å². The lowest BCUT2D eigenvalue weighted by atomic mass is 10.2. The molecule has 33 heavy (non-hydrogen) atoms. The molecule has 0 spiro atoms. The third-order valence-corrected chi connectivity index (χ3v) is 6.09. The molecule has 7 heteroatoms. The van der Waals surface area contributed by atoms with Crippen molar-refractivity contribution in [2.75, 3.05) is 17.2 Å². The molecule has 0 aliphatic rings. The zero-order valence-electron chi connectivity index (χ0n) is 18.7. The molecule has 0 unspecified atom stereocenters. The molecule has 0 saturated carbocycles. The molecular weight excluding hydrogens is 432 g/mol. The number of carbonyl (C=O) groups excluding carboxylic acids is 1. The Labute approximate surface area is 198 Å². The molecule has 3 aromatic carbocycles. The summed E-state index contributed by atoms with van der Waals surface area (Å²) >= 11 is 1.38. The van der Waals surface area contributed by atoms with Crippen LogP contribution in [0.4, 0.5) is 5.69 Å². The predicted molar refractivity (Wildman–Crippen MR) is 132 cm³/mol. The van der Waals surface area contributed by atoms with Crippen molar-refractivity contribution in [2.45, 2.75) is 25.6 Å². The number of aromatic nitrogens is 3. The first kappa shape index (κ1) is 22.6. The fourth-order valence-corrected chi connectivity index (χ4v) is 4.35. The van der Waals surface area contributed by atoms with Crippen LogP contribution in [-0.2, 0) is 11.4 Å². The maximum Gasteiger partial charge on any atom is 0.237 e. The second kappa shape index (κ2) is 10.8. The van der Waals surface area contributed by atoms with Crippen molar-refractivity contribution in [3.05, 3.63) is 96.3 Å². The average molecular weight is 459 g/mol. The van der Waals surface area contributed by atoms with Gasteiger partial charge in [-0.25, -0.2) is 0 Å². The largest absolute Gasteiger partial charge is 0.485 e. The van der Waals surface area contributed by atoms with Crippen molar-refractivity contribution in [1.29, 1.82) is 0 Å². The Hall–Kier alpha value is -3.58. The average Bonchev–Trinajstić information content (AvgIpc) is 3.26. The van der Waals surface area contributed by atoms with Gasteiger partial charge in [-0.05, 0) is 49.7 Å². The maximum absolute atomic E-state index is 13.0. The summed E-state index contributed by atoms with van der Waals surface area (Å²) in [7, 11) is 0. The fourth-order valence-electron chi connectivity index (χ4n) is 3.50. The normalized spacial score (nSPS) is 10.7. The topological polar surface area (TPSA) is 60.3 Å². The Morgan fingerprint density at radius 1 is 0.939 bits per heavy atom. The number of hydrogen-bond acceptors (Lipinski definition) is 5. The zero-order chi connectivity index (χ0) is 23.0. The third kappa shape index (κ3) is 5.43. The van der Waals surface area contributed by atoms with Crippen LogP contribution in [-0.4, -0.2) is 33.0 Å². The van der Waals surface area contributed by atoms with Crippen molar-refractivity contribution in [1.82, 2.24) is 14.8 Å². The number of ether oxygens (including phenoxy) is 1. The van der Waals surface area contributed by atoms with Crippen LogP contribution in [0, 0.1) is 6.92 Å². The number of carbonyl (C=O) groups is 1. The maximum atomic E-state index is 13.0. The van der Waals surface area contributed by atoms with Gasteiger partial charge in [0.1, 0.15) is 12.4 Å². The fraction of sp³-hybridized carbons (Fsp3) is 0.192. The highest BCUT2D eigenvalue weighted by Crippen LogP contribution is 2.25. The van der Waals surface area contributed by atoms with E-state index in [9.17, 15) is 4.79 Å². The van der Waals surface area contributed by atoms with Crippen molar-refractivity contribution < 1.29 is 9.53 Å². The number of thioether (sulfide) groups is 1. The van der Waals surface area contributed by atoms with E-state index < -0.39 is 0 Å². The number of hydrogen-bond donors (Lipinski definition) is 0. The lowest BCUT2D eigenvalue weighted by Crippen LogP contribution is -2.32. The highest BCUT2D eigenvalue weighted by molar-refractivity contribution is 7.99. The Balaban J connectivity index is 1.54. The summed E-state index contributed by atoms with van der Waals surface area (Å²) in [6.07, 6.45) is 0. The number of amides is 1. The molecule has 0 aliphatic heterocycles. The molecule has 4 aromatic rings. The standard InChI is InChI=1S/C26H26N4O2S/c1-3-29(21-13-6-4-7-14-21)25(31)19-33-26-28-27-24(30(26)22-15-8-5-9-16-22)18-32-23-17-11-10-12-20(23)2/h4-17H,3,18-19H2,1-2H3. The molecular formula is C26H26N4O2S. The van der Waals surface area contributed by atoms with Gasteiger partial charge in [-0.1, -0.05) is 66.4 Å². The lowest BCUT2D eigenvalue weighted by Gasteiger charge is -2.20. The molecule has 1 heterocycles. The van der Waals surface area contributed by atoms with E-state index >= 15 is 0 Å². The van der Waals surface area contributed by atoms with E-state index in [4.69, 9.17) is 4.74 Å². The summed E-state index contributed by atoms with van der Waals surface area (Å²) in [4.78, 5) is 14.8. The van der Waals surface area contributed by atoms with Crippen LogP contribution >= 0.6 is 11.8 Å². The molecule has 4 rings (SSSR count). The van der Waals surface area contributed by atoms with Crippen LogP contribution in [0.15, 0.2) is 90.1 Å². The van der Waals surface area contributed by atoms with Crippen LogP contribution in [0.25, 0.3) is 5.69 Å². The molecule has 0 radical (unpaired) electrons. The second-order valence-electron chi connectivity index (χ2n) is 7.39. The van der Waals surface area contributed by atoms with Gasteiger partial charge in [0.05, 0.1) is 5.75 Å². The summed E-state index contributed by atoms with van der Waals surface area (Å²) in [5, 5.41) is 9.42. The quantitative estimate of drug-likeness (QED) is 0.319. The number of anilines is 1. The van der Waals surface area contributed by atoms with Crippen molar-refractivity contribution >= 4 is 23.4 Å². The van der Waals surface area contributed by atoms with Crippen LogP contribution in [0.1, 0.15) is 18.3 Å². The van der Waals surface area contributed by atoms with Gasteiger partial charge in [0, 0.05) is 17.9 Å². The van der Waals surface area contributed by atoms with Gasteiger partial charge in [0.25, 0.3) is 0 Å². The molecule has 1 amide bonds. The Morgan fingerprint density at radius 2 is 1.61 bits per heavy atom. The van der Waals surface area contributed by atoms with Gasteiger partial charge >= 0.3 is 0 Å². The van der Waals surface area contributed by atoms with Crippen molar-refractivity contribution in [3.8, 4) is 11.4 Å². The minimum Gasteiger partial charge on any atom is -0.485 e. The molecule has 0 fully saturated rings. The third-order valence-electron chi connectivity index (χ3n) is 5.18. The lowest BCUT2D eigenvalue weighted by molar-refractivity contribution is -0.116. The van der Waals surface area contributed by atoms with E-state index in [1.807, 2.05) is 103 Å². The molecule has 0 aliphatic carbocycles. The van der Waals surface area contributed by atoms with E-state index in [1.54, 1.807) is 4.90 Å². The number of benzene rings is 3. The molecule has 1 aromatic heterocycles. The molecule has 168 valence electrons. The van der Waals surface area contributed by atoms with E-state index in [1.165, 1.54) is 11.8 Å².